The lowest BCUT2D eigenvalue weighted by Crippen LogP contribution is -2.50. The number of aromatic nitrogens is 1. The van der Waals surface area contributed by atoms with Crippen molar-refractivity contribution in [3.05, 3.63) is 10.6 Å². The third-order valence-corrected chi connectivity index (χ3v) is 3.98. The lowest BCUT2D eigenvalue weighted by molar-refractivity contribution is 0.0603. The molecule has 0 saturated carbocycles. The first kappa shape index (κ1) is 13.6. The van der Waals surface area contributed by atoms with Gasteiger partial charge in [-0.2, -0.15) is 0 Å². The first-order valence-corrected chi connectivity index (χ1v) is 6.69. The number of piperazine rings is 1. The molecule has 0 aromatic carbocycles. The van der Waals surface area contributed by atoms with E-state index in [1.165, 1.54) is 18.4 Å². The van der Waals surface area contributed by atoms with Crippen LogP contribution in [0.5, 0.6) is 0 Å². The molecule has 8 heteroatoms. The van der Waals surface area contributed by atoms with Crippen molar-refractivity contribution in [2.45, 2.75) is 6.92 Å². The highest BCUT2D eigenvalue weighted by Gasteiger charge is 2.27. The maximum absolute atomic E-state index is 12.3. The summed E-state index contributed by atoms with van der Waals surface area (Å²) in [4.78, 5) is 31.5. The maximum Gasteiger partial charge on any atom is 0.409 e. The van der Waals surface area contributed by atoms with Crippen LogP contribution < -0.4 is 5.73 Å². The molecule has 2 amide bonds. The van der Waals surface area contributed by atoms with Gasteiger partial charge in [0.25, 0.3) is 5.91 Å². The van der Waals surface area contributed by atoms with Crippen LogP contribution in [0.15, 0.2) is 0 Å². The molecule has 1 aliphatic rings. The number of ether oxygens (including phenoxy) is 1. The normalized spacial score (nSPS) is 15.5. The Morgan fingerprint density at radius 3 is 2.32 bits per heavy atom. The fourth-order valence-corrected chi connectivity index (χ4v) is 2.78. The third-order valence-electron chi connectivity index (χ3n) is 3.01. The molecule has 7 nitrogen and oxygen atoms in total. The van der Waals surface area contributed by atoms with E-state index < -0.39 is 0 Å². The Labute approximate surface area is 115 Å². The predicted octanol–water partition coefficient (Wildman–Crippen LogP) is 0.558. The van der Waals surface area contributed by atoms with E-state index in [1.807, 2.05) is 0 Å². The Morgan fingerprint density at radius 2 is 1.84 bits per heavy atom. The van der Waals surface area contributed by atoms with Gasteiger partial charge in [-0.3, -0.25) is 4.79 Å². The number of carbonyl (C=O) groups excluding carboxylic acids is 2. The number of nitrogen functional groups attached to an aromatic ring is 1. The molecular formula is C11H16N4O3S. The highest BCUT2D eigenvalue weighted by Crippen LogP contribution is 2.22. The molecule has 0 aliphatic carbocycles. The SMILES string of the molecule is COC(=O)N1CCN(C(=O)c2sc(N)nc2C)CC1. The third kappa shape index (κ3) is 2.78. The molecule has 2 N–H and O–H groups in total. The molecule has 0 atom stereocenters. The van der Waals surface area contributed by atoms with Crippen molar-refractivity contribution in [2.75, 3.05) is 39.0 Å². The molecule has 1 saturated heterocycles. The van der Waals surface area contributed by atoms with Gasteiger partial charge >= 0.3 is 6.09 Å². The fourth-order valence-electron chi connectivity index (χ4n) is 1.98. The van der Waals surface area contributed by atoms with Crippen molar-refractivity contribution in [3.8, 4) is 0 Å². The lowest BCUT2D eigenvalue weighted by atomic mass is 10.3. The summed E-state index contributed by atoms with van der Waals surface area (Å²) >= 11 is 1.20. The van der Waals surface area contributed by atoms with Gasteiger partial charge < -0.3 is 20.3 Å². The molecule has 1 aromatic heterocycles. The second kappa shape index (κ2) is 5.43. The van der Waals surface area contributed by atoms with Gasteiger partial charge in [0.05, 0.1) is 12.8 Å². The summed E-state index contributed by atoms with van der Waals surface area (Å²) in [7, 11) is 1.35. The molecule has 2 rings (SSSR count). The van der Waals surface area contributed by atoms with E-state index >= 15 is 0 Å². The first-order valence-electron chi connectivity index (χ1n) is 5.88. The van der Waals surface area contributed by atoms with Crippen LogP contribution in [0.3, 0.4) is 0 Å². The Bertz CT molecular complexity index is 494. The summed E-state index contributed by atoms with van der Waals surface area (Å²) in [6, 6.07) is 0. The number of aryl methyl sites for hydroxylation is 1. The zero-order chi connectivity index (χ0) is 14.0. The van der Waals surface area contributed by atoms with Crippen molar-refractivity contribution >= 4 is 28.5 Å². The second-order valence-electron chi connectivity index (χ2n) is 4.22. The Morgan fingerprint density at radius 1 is 1.26 bits per heavy atom. The van der Waals surface area contributed by atoms with Crippen LogP contribution in [-0.2, 0) is 4.74 Å². The molecule has 2 heterocycles. The monoisotopic (exact) mass is 284 g/mol. The van der Waals surface area contributed by atoms with E-state index in [0.29, 0.717) is 41.9 Å². The molecule has 0 unspecified atom stereocenters. The summed E-state index contributed by atoms with van der Waals surface area (Å²) in [6.07, 6.45) is -0.356. The number of hydrogen-bond donors (Lipinski definition) is 1. The summed E-state index contributed by atoms with van der Waals surface area (Å²) in [5.41, 5.74) is 6.25. The van der Waals surface area contributed by atoms with Crippen molar-refractivity contribution in [1.29, 1.82) is 0 Å². The molecule has 0 spiro atoms. The number of nitrogens with two attached hydrogens (primary N) is 1. The van der Waals surface area contributed by atoms with Crippen LogP contribution in [0.2, 0.25) is 0 Å². The molecule has 1 aliphatic heterocycles. The van der Waals surface area contributed by atoms with Gasteiger partial charge in [0.1, 0.15) is 4.88 Å². The topological polar surface area (TPSA) is 88.8 Å². The van der Waals surface area contributed by atoms with E-state index in [-0.39, 0.29) is 12.0 Å². The zero-order valence-corrected chi connectivity index (χ0v) is 11.7. The Kier molecular flexibility index (Phi) is 3.89. The zero-order valence-electron chi connectivity index (χ0n) is 10.9. The van der Waals surface area contributed by atoms with Gasteiger partial charge in [-0.25, -0.2) is 9.78 Å². The summed E-state index contributed by atoms with van der Waals surface area (Å²) < 4.78 is 4.65. The van der Waals surface area contributed by atoms with E-state index in [9.17, 15) is 9.59 Å². The Balaban J connectivity index is 2.00. The van der Waals surface area contributed by atoms with Crippen LogP contribution in [0.1, 0.15) is 15.4 Å². The number of carbonyl (C=O) groups is 2. The lowest BCUT2D eigenvalue weighted by Gasteiger charge is -2.33. The summed E-state index contributed by atoms with van der Waals surface area (Å²) in [5, 5.41) is 0.397. The molecular weight excluding hydrogens is 268 g/mol. The maximum atomic E-state index is 12.3. The molecule has 0 bridgehead atoms. The molecule has 1 aromatic rings. The van der Waals surface area contributed by atoms with Gasteiger partial charge in [0.2, 0.25) is 0 Å². The summed E-state index contributed by atoms with van der Waals surface area (Å²) in [5.74, 6) is -0.0729. The summed E-state index contributed by atoms with van der Waals surface area (Å²) in [6.45, 7) is 3.71. The highest BCUT2D eigenvalue weighted by molar-refractivity contribution is 7.17. The van der Waals surface area contributed by atoms with Crippen molar-refractivity contribution < 1.29 is 14.3 Å². The fraction of sp³-hybridized carbons (Fsp3) is 0.545. The van der Waals surface area contributed by atoms with Gasteiger partial charge in [0, 0.05) is 26.2 Å². The molecule has 0 radical (unpaired) electrons. The largest absolute Gasteiger partial charge is 0.453 e. The van der Waals surface area contributed by atoms with Crippen LogP contribution in [0.25, 0.3) is 0 Å². The number of anilines is 1. The van der Waals surface area contributed by atoms with Crippen LogP contribution in [0, 0.1) is 6.92 Å². The Hall–Kier alpha value is -1.83. The van der Waals surface area contributed by atoms with E-state index in [2.05, 4.69) is 9.72 Å². The van der Waals surface area contributed by atoms with Crippen LogP contribution >= 0.6 is 11.3 Å². The first-order chi connectivity index (χ1) is 9.02. The van der Waals surface area contributed by atoms with Crippen LogP contribution in [-0.4, -0.2) is 60.1 Å². The molecule has 19 heavy (non-hydrogen) atoms. The quantitative estimate of drug-likeness (QED) is 0.814. The number of rotatable bonds is 1. The number of methoxy groups -OCH3 is 1. The molecule has 1 fully saturated rings. The second-order valence-corrected chi connectivity index (χ2v) is 5.25. The number of amides is 2. The minimum atomic E-state index is -0.356. The van der Waals surface area contributed by atoms with E-state index in [1.54, 1.807) is 16.7 Å². The number of hydrogen-bond acceptors (Lipinski definition) is 6. The van der Waals surface area contributed by atoms with Crippen molar-refractivity contribution in [1.82, 2.24) is 14.8 Å². The van der Waals surface area contributed by atoms with Gasteiger partial charge in [-0.05, 0) is 6.92 Å². The van der Waals surface area contributed by atoms with E-state index in [0.717, 1.165) is 0 Å². The van der Waals surface area contributed by atoms with Gasteiger partial charge in [0.15, 0.2) is 5.13 Å². The minimum absolute atomic E-state index is 0.0729. The van der Waals surface area contributed by atoms with Crippen molar-refractivity contribution in [2.24, 2.45) is 0 Å². The van der Waals surface area contributed by atoms with Crippen molar-refractivity contribution in [3.63, 3.8) is 0 Å². The molecule has 104 valence electrons. The van der Waals surface area contributed by atoms with Gasteiger partial charge in [-0.15, -0.1) is 0 Å². The number of nitrogens with zero attached hydrogens (tertiary/aromatic N) is 3. The standard InChI is InChI=1S/C11H16N4O3S/c1-7-8(19-10(12)13-7)9(16)14-3-5-15(6-4-14)11(17)18-2/h3-6H2,1-2H3,(H2,12,13). The van der Waals surface area contributed by atoms with E-state index in [4.69, 9.17) is 5.73 Å². The average Bonchev–Trinajstić information content (AvgIpc) is 2.76. The highest BCUT2D eigenvalue weighted by atomic mass is 32.1. The predicted molar refractivity (Wildman–Crippen MR) is 71.1 cm³/mol. The average molecular weight is 284 g/mol. The number of thiazole rings is 1. The smallest absolute Gasteiger partial charge is 0.409 e. The van der Waals surface area contributed by atoms with Gasteiger partial charge in [-0.1, -0.05) is 11.3 Å². The minimum Gasteiger partial charge on any atom is -0.453 e. The van der Waals surface area contributed by atoms with Crippen LogP contribution in [0.4, 0.5) is 9.93 Å².